The van der Waals surface area contributed by atoms with Crippen molar-refractivity contribution in [1.82, 2.24) is 9.88 Å². The number of oxazole rings is 1. The fourth-order valence-electron chi connectivity index (χ4n) is 2.36. The Hall–Kier alpha value is -1.36. The number of hydrogen-bond donors (Lipinski definition) is 1. The number of hydrogen-bond acceptors (Lipinski definition) is 4. The third kappa shape index (κ3) is 3.35. The van der Waals surface area contributed by atoms with Gasteiger partial charge in [-0.15, -0.1) is 0 Å². The molecule has 1 saturated heterocycles. The highest BCUT2D eigenvalue weighted by Crippen LogP contribution is 2.20. The number of carbonyl (C=O) groups is 1. The highest BCUT2D eigenvalue weighted by atomic mass is 16.3. The molecule has 1 unspecified atom stereocenters. The molecule has 2 heterocycles. The van der Waals surface area contributed by atoms with Gasteiger partial charge in [0.15, 0.2) is 5.69 Å². The first-order valence-corrected chi connectivity index (χ1v) is 7.12. The van der Waals surface area contributed by atoms with E-state index in [2.05, 4.69) is 18.8 Å². The van der Waals surface area contributed by atoms with Gasteiger partial charge < -0.3 is 15.1 Å². The molecule has 1 aliphatic heterocycles. The Morgan fingerprint density at radius 3 is 2.89 bits per heavy atom. The largest absolute Gasteiger partial charge is 0.446 e. The Bertz CT molecular complexity index is 422. The van der Waals surface area contributed by atoms with Crippen LogP contribution in [-0.2, 0) is 0 Å². The first-order valence-electron chi connectivity index (χ1n) is 7.12. The average molecular weight is 265 g/mol. The Balaban J connectivity index is 2.00. The summed E-state index contributed by atoms with van der Waals surface area (Å²) < 4.78 is 5.33. The van der Waals surface area contributed by atoms with Crippen LogP contribution in [0.3, 0.4) is 0 Å². The smallest absolute Gasteiger partial charge is 0.275 e. The number of carbonyl (C=O) groups excluding carboxylic acids is 1. The number of aromatic nitrogens is 1. The number of amides is 1. The predicted octanol–water partition coefficient (Wildman–Crippen LogP) is 2.35. The van der Waals surface area contributed by atoms with Crippen molar-refractivity contribution in [3.05, 3.63) is 17.8 Å². The number of nitrogens with zero attached hydrogens (tertiary/aromatic N) is 2. The van der Waals surface area contributed by atoms with Gasteiger partial charge >= 0.3 is 0 Å². The maximum absolute atomic E-state index is 12.3. The van der Waals surface area contributed by atoms with Crippen LogP contribution < -0.4 is 5.73 Å². The van der Waals surface area contributed by atoms with Crippen molar-refractivity contribution in [3.8, 4) is 0 Å². The highest BCUT2D eigenvalue weighted by molar-refractivity contribution is 5.92. The van der Waals surface area contributed by atoms with Crippen LogP contribution in [0.1, 0.15) is 62.0 Å². The molecule has 0 aliphatic carbocycles. The van der Waals surface area contributed by atoms with Crippen molar-refractivity contribution in [2.24, 2.45) is 11.7 Å². The van der Waals surface area contributed by atoms with E-state index in [0.29, 0.717) is 17.5 Å². The van der Waals surface area contributed by atoms with E-state index in [1.165, 1.54) is 6.26 Å². The number of likely N-dealkylation sites (tertiary alicyclic amines) is 1. The second-order valence-corrected chi connectivity index (χ2v) is 5.44. The van der Waals surface area contributed by atoms with Gasteiger partial charge in [-0.05, 0) is 25.2 Å². The van der Waals surface area contributed by atoms with Crippen molar-refractivity contribution < 1.29 is 9.21 Å². The van der Waals surface area contributed by atoms with E-state index in [0.717, 1.165) is 38.8 Å². The topological polar surface area (TPSA) is 72.4 Å². The fourth-order valence-corrected chi connectivity index (χ4v) is 2.36. The van der Waals surface area contributed by atoms with Gasteiger partial charge in [0.2, 0.25) is 5.89 Å². The SMILES string of the molecule is CCCC(N)c1nc(C(=O)N2CCC(C)CC2)co1. The molecule has 1 atom stereocenters. The molecule has 2 rings (SSSR count). The molecule has 2 N–H and O–H groups in total. The molecule has 106 valence electrons. The lowest BCUT2D eigenvalue weighted by atomic mass is 9.99. The van der Waals surface area contributed by atoms with Gasteiger partial charge in [-0.25, -0.2) is 4.98 Å². The molecule has 19 heavy (non-hydrogen) atoms. The predicted molar refractivity (Wildman–Crippen MR) is 72.6 cm³/mol. The molecule has 0 radical (unpaired) electrons. The third-order valence-corrected chi connectivity index (χ3v) is 3.73. The van der Waals surface area contributed by atoms with Crippen molar-refractivity contribution in [2.75, 3.05) is 13.1 Å². The van der Waals surface area contributed by atoms with E-state index in [9.17, 15) is 4.79 Å². The lowest BCUT2D eigenvalue weighted by molar-refractivity contribution is 0.0691. The molecule has 1 aromatic rings. The Labute approximate surface area is 114 Å². The van der Waals surface area contributed by atoms with E-state index >= 15 is 0 Å². The van der Waals surface area contributed by atoms with Crippen molar-refractivity contribution in [2.45, 2.75) is 45.6 Å². The van der Waals surface area contributed by atoms with Crippen LogP contribution in [0.5, 0.6) is 0 Å². The molecule has 1 aromatic heterocycles. The zero-order valence-electron chi connectivity index (χ0n) is 11.8. The quantitative estimate of drug-likeness (QED) is 0.907. The van der Waals surface area contributed by atoms with E-state index < -0.39 is 0 Å². The second kappa shape index (κ2) is 6.19. The summed E-state index contributed by atoms with van der Waals surface area (Å²) in [7, 11) is 0. The summed E-state index contributed by atoms with van der Waals surface area (Å²) >= 11 is 0. The van der Waals surface area contributed by atoms with Crippen molar-refractivity contribution in [3.63, 3.8) is 0 Å². The Kier molecular flexibility index (Phi) is 4.58. The summed E-state index contributed by atoms with van der Waals surface area (Å²) in [5, 5.41) is 0. The molecule has 1 fully saturated rings. The van der Waals surface area contributed by atoms with Gasteiger partial charge in [-0.2, -0.15) is 0 Å². The molecule has 0 aromatic carbocycles. The van der Waals surface area contributed by atoms with Crippen molar-refractivity contribution >= 4 is 5.91 Å². The summed E-state index contributed by atoms with van der Waals surface area (Å²) in [6.07, 6.45) is 5.34. The summed E-state index contributed by atoms with van der Waals surface area (Å²) in [5.74, 6) is 1.14. The van der Waals surface area contributed by atoms with E-state index in [-0.39, 0.29) is 11.9 Å². The van der Waals surface area contributed by atoms with E-state index in [1.807, 2.05) is 4.90 Å². The molecule has 0 spiro atoms. The summed E-state index contributed by atoms with van der Waals surface area (Å²) in [4.78, 5) is 18.4. The maximum Gasteiger partial charge on any atom is 0.275 e. The third-order valence-electron chi connectivity index (χ3n) is 3.73. The minimum absolute atomic E-state index is 0.0365. The van der Waals surface area contributed by atoms with Gasteiger partial charge in [-0.3, -0.25) is 4.79 Å². The number of piperidine rings is 1. The summed E-state index contributed by atoms with van der Waals surface area (Å²) in [5.41, 5.74) is 6.32. The summed E-state index contributed by atoms with van der Waals surface area (Å²) in [6.45, 7) is 5.90. The van der Waals surface area contributed by atoms with Gasteiger partial charge in [0.05, 0.1) is 6.04 Å². The minimum atomic E-state index is -0.215. The molecule has 1 amide bonds. The number of rotatable bonds is 4. The zero-order chi connectivity index (χ0) is 13.8. The van der Waals surface area contributed by atoms with Crippen LogP contribution >= 0.6 is 0 Å². The molecule has 1 aliphatic rings. The minimum Gasteiger partial charge on any atom is -0.446 e. The first kappa shape index (κ1) is 14.1. The standard InChI is InChI=1S/C14H23N3O2/c1-3-4-11(15)13-16-12(9-19-13)14(18)17-7-5-10(2)6-8-17/h9-11H,3-8,15H2,1-2H3. The highest BCUT2D eigenvalue weighted by Gasteiger charge is 2.24. The van der Waals surface area contributed by atoms with E-state index in [4.69, 9.17) is 10.2 Å². The van der Waals surface area contributed by atoms with Crippen LogP contribution in [0.25, 0.3) is 0 Å². The van der Waals surface area contributed by atoms with Gasteiger partial charge in [0.25, 0.3) is 5.91 Å². The molecule has 5 nitrogen and oxygen atoms in total. The zero-order valence-corrected chi connectivity index (χ0v) is 11.8. The lowest BCUT2D eigenvalue weighted by Crippen LogP contribution is -2.38. The molecular weight excluding hydrogens is 242 g/mol. The van der Waals surface area contributed by atoms with Crippen LogP contribution in [0.4, 0.5) is 0 Å². The normalized spacial score (nSPS) is 18.6. The van der Waals surface area contributed by atoms with Crippen LogP contribution in [0.2, 0.25) is 0 Å². The second-order valence-electron chi connectivity index (χ2n) is 5.44. The van der Waals surface area contributed by atoms with Gasteiger partial charge in [0.1, 0.15) is 6.26 Å². The van der Waals surface area contributed by atoms with Crippen LogP contribution in [-0.4, -0.2) is 28.9 Å². The number of nitrogens with two attached hydrogens (primary N) is 1. The Morgan fingerprint density at radius 1 is 1.58 bits per heavy atom. The van der Waals surface area contributed by atoms with Crippen molar-refractivity contribution in [1.29, 1.82) is 0 Å². The van der Waals surface area contributed by atoms with E-state index in [1.54, 1.807) is 0 Å². The monoisotopic (exact) mass is 265 g/mol. The maximum atomic E-state index is 12.3. The lowest BCUT2D eigenvalue weighted by Gasteiger charge is -2.29. The average Bonchev–Trinajstić information content (AvgIpc) is 2.89. The van der Waals surface area contributed by atoms with Gasteiger partial charge in [-0.1, -0.05) is 20.3 Å². The fraction of sp³-hybridized carbons (Fsp3) is 0.714. The van der Waals surface area contributed by atoms with Crippen LogP contribution in [0, 0.1) is 5.92 Å². The van der Waals surface area contributed by atoms with Crippen LogP contribution in [0.15, 0.2) is 10.7 Å². The molecular formula is C14H23N3O2. The Morgan fingerprint density at radius 2 is 2.26 bits per heavy atom. The molecule has 5 heteroatoms. The molecule has 0 bridgehead atoms. The summed E-state index contributed by atoms with van der Waals surface area (Å²) in [6, 6.07) is -0.215. The molecule has 0 saturated carbocycles. The first-order chi connectivity index (χ1) is 9.11. The van der Waals surface area contributed by atoms with Gasteiger partial charge in [0, 0.05) is 13.1 Å².